The summed E-state index contributed by atoms with van der Waals surface area (Å²) in [4.78, 5) is 4.35. The largest absolute Gasteiger partial charge is 0.380 e. The Balaban J connectivity index is 0.00000420. The van der Waals surface area contributed by atoms with Crippen LogP contribution in [0.25, 0.3) is 0 Å². The zero-order valence-corrected chi connectivity index (χ0v) is 20.0. The van der Waals surface area contributed by atoms with E-state index < -0.39 is 10.0 Å². The molecular formula is C20H29IN4O3S. The van der Waals surface area contributed by atoms with Gasteiger partial charge in [0, 0.05) is 24.4 Å². The van der Waals surface area contributed by atoms with Crippen LogP contribution in [0.1, 0.15) is 30.5 Å². The molecule has 2 aromatic carbocycles. The van der Waals surface area contributed by atoms with Crippen molar-refractivity contribution in [1.82, 2.24) is 4.72 Å². The molecule has 0 aliphatic rings. The fourth-order valence-electron chi connectivity index (χ4n) is 2.64. The molecule has 0 radical (unpaired) electrons. The number of ether oxygens (including phenoxy) is 1. The summed E-state index contributed by atoms with van der Waals surface area (Å²) in [5.41, 5.74) is 9.49. The Morgan fingerprint density at radius 3 is 2.34 bits per heavy atom. The van der Waals surface area contributed by atoms with Gasteiger partial charge >= 0.3 is 0 Å². The average molecular weight is 532 g/mol. The summed E-state index contributed by atoms with van der Waals surface area (Å²) < 4.78 is 31.7. The van der Waals surface area contributed by atoms with E-state index >= 15 is 0 Å². The number of para-hydroxylation sites is 1. The Morgan fingerprint density at radius 1 is 1.10 bits per heavy atom. The van der Waals surface area contributed by atoms with Crippen LogP contribution in [0.3, 0.4) is 0 Å². The Bertz CT molecular complexity index is 900. The predicted molar refractivity (Wildman–Crippen MR) is 129 cm³/mol. The summed E-state index contributed by atoms with van der Waals surface area (Å²) in [5.74, 6) is 0.255. The maximum atomic E-state index is 12.0. The first-order valence-electron chi connectivity index (χ1n) is 9.00. The molecule has 0 aliphatic carbocycles. The topological polar surface area (TPSA) is 106 Å². The number of methoxy groups -OCH3 is 1. The van der Waals surface area contributed by atoms with Crippen molar-refractivity contribution in [2.75, 3.05) is 12.4 Å². The second-order valence-corrected chi connectivity index (χ2v) is 8.52. The maximum absolute atomic E-state index is 12.0. The van der Waals surface area contributed by atoms with Gasteiger partial charge in [0.15, 0.2) is 5.96 Å². The van der Waals surface area contributed by atoms with Crippen molar-refractivity contribution in [2.24, 2.45) is 10.7 Å². The highest BCUT2D eigenvalue weighted by atomic mass is 127. The zero-order valence-electron chi connectivity index (χ0n) is 16.9. The molecule has 0 aliphatic heterocycles. The van der Waals surface area contributed by atoms with Crippen LogP contribution >= 0.6 is 24.0 Å². The summed E-state index contributed by atoms with van der Waals surface area (Å²) in [7, 11) is -1.69. The van der Waals surface area contributed by atoms with Crippen LogP contribution in [0, 0.1) is 0 Å². The summed E-state index contributed by atoms with van der Waals surface area (Å²) in [5, 5.41) is 3.09. The lowest BCUT2D eigenvalue weighted by Crippen LogP contribution is -2.31. The molecule has 7 nitrogen and oxygen atoms in total. The highest BCUT2D eigenvalue weighted by Gasteiger charge is 2.12. The van der Waals surface area contributed by atoms with Crippen LogP contribution in [0.5, 0.6) is 0 Å². The number of hydrogen-bond donors (Lipinski definition) is 3. The van der Waals surface area contributed by atoms with Crippen LogP contribution in [0.15, 0.2) is 53.5 Å². The van der Waals surface area contributed by atoms with Crippen LogP contribution in [-0.2, 0) is 33.7 Å². The van der Waals surface area contributed by atoms with E-state index in [9.17, 15) is 8.42 Å². The Morgan fingerprint density at radius 2 is 1.72 bits per heavy atom. The van der Waals surface area contributed by atoms with Crippen LogP contribution in [0.2, 0.25) is 0 Å². The third-order valence-electron chi connectivity index (χ3n) is 3.81. The van der Waals surface area contributed by atoms with E-state index in [1.807, 2.05) is 36.4 Å². The minimum absolute atomic E-state index is 0. The van der Waals surface area contributed by atoms with Gasteiger partial charge in [-0.05, 0) is 31.0 Å². The van der Waals surface area contributed by atoms with Crippen molar-refractivity contribution in [3.63, 3.8) is 0 Å². The second-order valence-electron chi connectivity index (χ2n) is 6.76. The van der Waals surface area contributed by atoms with Crippen LogP contribution < -0.4 is 15.8 Å². The number of hydrogen-bond acceptors (Lipinski definition) is 4. The molecule has 0 fully saturated rings. The lowest BCUT2D eigenvalue weighted by molar-refractivity contribution is 0.185. The number of nitrogens with zero attached hydrogens (tertiary/aromatic N) is 1. The summed E-state index contributed by atoms with van der Waals surface area (Å²) in [6.07, 6.45) is 0. The van der Waals surface area contributed by atoms with Gasteiger partial charge in [-0.1, -0.05) is 42.5 Å². The lowest BCUT2D eigenvalue weighted by Gasteiger charge is -2.11. The standard InChI is InChI=1S/C20H28N4O3S.HI/c1-15(2)24-28(25,26)14-17-10-8-16(9-11-17)12-22-20(21)23-19-7-5-4-6-18(19)13-27-3;/h4-11,15,24H,12-14H2,1-3H3,(H3,21,22,23);1H. The van der Waals surface area contributed by atoms with Crippen molar-refractivity contribution >= 4 is 45.6 Å². The molecule has 0 atom stereocenters. The van der Waals surface area contributed by atoms with Gasteiger partial charge in [-0.3, -0.25) is 0 Å². The number of nitrogens with two attached hydrogens (primary N) is 1. The van der Waals surface area contributed by atoms with Gasteiger partial charge in [-0.25, -0.2) is 18.1 Å². The maximum Gasteiger partial charge on any atom is 0.216 e. The number of anilines is 1. The number of aliphatic imine (C=N–C) groups is 1. The highest BCUT2D eigenvalue weighted by Crippen LogP contribution is 2.15. The molecule has 0 heterocycles. The van der Waals surface area contributed by atoms with E-state index in [-0.39, 0.29) is 35.8 Å². The number of rotatable bonds is 9. The van der Waals surface area contributed by atoms with Crippen molar-refractivity contribution < 1.29 is 13.2 Å². The summed E-state index contributed by atoms with van der Waals surface area (Å²) in [6, 6.07) is 14.9. The minimum Gasteiger partial charge on any atom is -0.380 e. The van der Waals surface area contributed by atoms with Gasteiger partial charge < -0.3 is 15.8 Å². The normalized spacial score (nSPS) is 11.9. The smallest absolute Gasteiger partial charge is 0.216 e. The fraction of sp³-hybridized carbons (Fsp3) is 0.350. The van der Waals surface area contributed by atoms with E-state index in [1.54, 1.807) is 33.1 Å². The number of sulfonamides is 1. The van der Waals surface area contributed by atoms with Crippen molar-refractivity contribution in [3.8, 4) is 0 Å². The Kier molecular flexibility index (Phi) is 10.6. The fourth-order valence-corrected chi connectivity index (χ4v) is 4.07. The van der Waals surface area contributed by atoms with E-state index in [4.69, 9.17) is 10.5 Å². The van der Waals surface area contributed by atoms with Crippen molar-refractivity contribution in [2.45, 2.75) is 38.8 Å². The number of halogens is 1. The SMILES string of the molecule is COCc1ccccc1NC(N)=NCc1ccc(CS(=O)(=O)NC(C)C)cc1.I. The third kappa shape index (κ3) is 9.11. The van der Waals surface area contributed by atoms with E-state index in [0.717, 1.165) is 22.4 Å². The van der Waals surface area contributed by atoms with E-state index in [2.05, 4.69) is 15.0 Å². The molecule has 9 heteroatoms. The molecule has 0 saturated carbocycles. The van der Waals surface area contributed by atoms with E-state index in [1.165, 1.54) is 0 Å². The monoisotopic (exact) mass is 532 g/mol. The third-order valence-corrected chi connectivity index (χ3v) is 5.35. The molecule has 0 unspecified atom stereocenters. The number of benzene rings is 2. The molecule has 2 rings (SSSR count). The lowest BCUT2D eigenvalue weighted by atomic mass is 10.1. The molecule has 0 spiro atoms. The van der Waals surface area contributed by atoms with Gasteiger partial charge in [0.05, 0.1) is 18.9 Å². The molecule has 0 saturated heterocycles. The quantitative estimate of drug-likeness (QED) is 0.261. The molecule has 160 valence electrons. The second kappa shape index (κ2) is 12.1. The first kappa shape index (κ1) is 25.3. The molecule has 0 aromatic heterocycles. The molecular weight excluding hydrogens is 503 g/mol. The first-order valence-corrected chi connectivity index (χ1v) is 10.7. The summed E-state index contributed by atoms with van der Waals surface area (Å²) >= 11 is 0. The summed E-state index contributed by atoms with van der Waals surface area (Å²) in [6.45, 7) is 4.46. The zero-order chi connectivity index (χ0) is 20.6. The van der Waals surface area contributed by atoms with Crippen LogP contribution in [-0.4, -0.2) is 27.5 Å². The van der Waals surface area contributed by atoms with Gasteiger partial charge in [-0.2, -0.15) is 0 Å². The van der Waals surface area contributed by atoms with Gasteiger partial charge in [0.25, 0.3) is 0 Å². The van der Waals surface area contributed by atoms with Gasteiger partial charge in [0.1, 0.15) is 0 Å². The minimum atomic E-state index is -3.33. The Labute approximate surface area is 190 Å². The average Bonchev–Trinajstić information content (AvgIpc) is 2.61. The van der Waals surface area contributed by atoms with Crippen LogP contribution in [0.4, 0.5) is 5.69 Å². The molecule has 0 bridgehead atoms. The highest BCUT2D eigenvalue weighted by molar-refractivity contribution is 14.0. The first-order chi connectivity index (χ1) is 13.3. The molecule has 4 N–H and O–H groups in total. The van der Waals surface area contributed by atoms with Crippen molar-refractivity contribution in [1.29, 1.82) is 0 Å². The molecule has 29 heavy (non-hydrogen) atoms. The Hall–Kier alpha value is -1.69. The molecule has 0 amide bonds. The molecule has 2 aromatic rings. The number of nitrogens with one attached hydrogen (secondary N) is 2. The predicted octanol–water partition coefficient (Wildman–Crippen LogP) is 3.21. The van der Waals surface area contributed by atoms with E-state index in [0.29, 0.717) is 19.1 Å². The van der Waals surface area contributed by atoms with Crippen molar-refractivity contribution in [3.05, 3.63) is 65.2 Å². The number of guanidine groups is 1. The van der Waals surface area contributed by atoms with Gasteiger partial charge in [0.2, 0.25) is 10.0 Å². The van der Waals surface area contributed by atoms with Gasteiger partial charge in [-0.15, -0.1) is 24.0 Å².